The minimum Gasteiger partial charge on any atom is -0.306 e. The van der Waals surface area contributed by atoms with Crippen molar-refractivity contribution in [1.82, 2.24) is 5.32 Å². The quantitative estimate of drug-likeness (QED) is 0.679. The standard InChI is InChI=1S/C15H17Br2NS/c1-3-8-18-15(11-4-6-12(16)7-5-11)14-9-13(17)10(2)19-14/h4-7,9,15,18H,3,8H2,1-2H3. The normalized spacial score (nSPS) is 12.6. The second-order valence-electron chi connectivity index (χ2n) is 4.49. The molecule has 0 fully saturated rings. The summed E-state index contributed by atoms with van der Waals surface area (Å²) in [6.07, 6.45) is 1.14. The molecule has 0 spiro atoms. The second kappa shape index (κ2) is 7.02. The summed E-state index contributed by atoms with van der Waals surface area (Å²) >= 11 is 8.96. The van der Waals surface area contributed by atoms with Crippen molar-refractivity contribution in [2.24, 2.45) is 0 Å². The van der Waals surface area contributed by atoms with Crippen LogP contribution in [0.1, 0.15) is 34.7 Å². The highest BCUT2D eigenvalue weighted by Gasteiger charge is 2.16. The van der Waals surface area contributed by atoms with Crippen LogP contribution in [0.15, 0.2) is 39.3 Å². The van der Waals surface area contributed by atoms with Crippen molar-refractivity contribution < 1.29 is 0 Å². The molecule has 2 rings (SSSR count). The number of hydrogen-bond donors (Lipinski definition) is 1. The third-order valence-electron chi connectivity index (χ3n) is 2.96. The molecule has 1 heterocycles. The van der Waals surface area contributed by atoms with Crippen LogP contribution in [0.2, 0.25) is 0 Å². The van der Waals surface area contributed by atoms with Crippen LogP contribution in [-0.4, -0.2) is 6.54 Å². The summed E-state index contributed by atoms with van der Waals surface area (Å²) < 4.78 is 2.32. The zero-order chi connectivity index (χ0) is 13.8. The number of aryl methyl sites for hydroxylation is 1. The fraction of sp³-hybridized carbons (Fsp3) is 0.333. The van der Waals surface area contributed by atoms with E-state index in [2.05, 4.69) is 81.4 Å². The van der Waals surface area contributed by atoms with Crippen LogP contribution in [0.5, 0.6) is 0 Å². The smallest absolute Gasteiger partial charge is 0.0671 e. The summed E-state index contributed by atoms with van der Waals surface area (Å²) in [7, 11) is 0. The summed E-state index contributed by atoms with van der Waals surface area (Å²) in [6.45, 7) is 5.37. The van der Waals surface area contributed by atoms with Crippen LogP contribution in [-0.2, 0) is 0 Å². The maximum atomic E-state index is 3.64. The molecule has 1 unspecified atom stereocenters. The molecule has 1 nitrogen and oxygen atoms in total. The molecule has 4 heteroatoms. The van der Waals surface area contributed by atoms with Crippen LogP contribution in [0.25, 0.3) is 0 Å². The molecular formula is C15H17Br2NS. The average Bonchev–Trinajstić information content (AvgIpc) is 2.72. The number of halogens is 2. The number of thiophene rings is 1. The van der Waals surface area contributed by atoms with Crippen molar-refractivity contribution in [3.8, 4) is 0 Å². The first-order valence-corrected chi connectivity index (χ1v) is 8.76. The van der Waals surface area contributed by atoms with Gasteiger partial charge in [-0.2, -0.15) is 0 Å². The van der Waals surface area contributed by atoms with Crippen LogP contribution < -0.4 is 5.32 Å². The van der Waals surface area contributed by atoms with E-state index in [9.17, 15) is 0 Å². The molecular weight excluding hydrogens is 386 g/mol. The lowest BCUT2D eigenvalue weighted by atomic mass is 10.1. The molecule has 1 aromatic carbocycles. The third-order valence-corrected chi connectivity index (χ3v) is 5.69. The Morgan fingerprint density at radius 3 is 2.42 bits per heavy atom. The Morgan fingerprint density at radius 1 is 1.21 bits per heavy atom. The molecule has 0 aliphatic carbocycles. The van der Waals surface area contributed by atoms with Gasteiger partial charge in [-0.05, 0) is 59.6 Å². The van der Waals surface area contributed by atoms with Gasteiger partial charge in [0.1, 0.15) is 0 Å². The lowest BCUT2D eigenvalue weighted by molar-refractivity contribution is 0.606. The van der Waals surface area contributed by atoms with Gasteiger partial charge in [-0.1, -0.05) is 35.0 Å². The summed E-state index contributed by atoms with van der Waals surface area (Å²) in [5.41, 5.74) is 1.31. The Bertz CT molecular complexity index is 514. The third kappa shape index (κ3) is 3.91. The topological polar surface area (TPSA) is 12.0 Å². The first-order chi connectivity index (χ1) is 9.11. The Labute approximate surface area is 135 Å². The summed E-state index contributed by atoms with van der Waals surface area (Å²) in [5.74, 6) is 0. The van der Waals surface area contributed by atoms with Gasteiger partial charge in [0.15, 0.2) is 0 Å². The van der Waals surface area contributed by atoms with Crippen LogP contribution in [0, 0.1) is 6.92 Å². The van der Waals surface area contributed by atoms with E-state index in [1.165, 1.54) is 19.8 Å². The molecule has 1 aromatic heterocycles. The van der Waals surface area contributed by atoms with Crippen LogP contribution >= 0.6 is 43.2 Å². The average molecular weight is 403 g/mol. The van der Waals surface area contributed by atoms with E-state index in [1.807, 2.05) is 11.3 Å². The van der Waals surface area contributed by atoms with Gasteiger partial charge in [-0.15, -0.1) is 11.3 Å². The van der Waals surface area contributed by atoms with Gasteiger partial charge in [0, 0.05) is 18.7 Å². The number of rotatable bonds is 5. The Balaban J connectivity index is 2.32. The highest BCUT2D eigenvalue weighted by molar-refractivity contribution is 9.10. The van der Waals surface area contributed by atoms with Gasteiger partial charge in [-0.3, -0.25) is 0 Å². The van der Waals surface area contributed by atoms with Gasteiger partial charge < -0.3 is 5.32 Å². The predicted molar refractivity (Wildman–Crippen MR) is 91.0 cm³/mol. The molecule has 2 aromatic rings. The molecule has 0 saturated carbocycles. The van der Waals surface area contributed by atoms with E-state index in [0.717, 1.165) is 17.4 Å². The largest absolute Gasteiger partial charge is 0.306 e. The van der Waals surface area contributed by atoms with Gasteiger partial charge in [0.2, 0.25) is 0 Å². The summed E-state index contributed by atoms with van der Waals surface area (Å²) in [5, 5.41) is 3.64. The monoisotopic (exact) mass is 401 g/mol. The summed E-state index contributed by atoms with van der Waals surface area (Å²) in [6, 6.07) is 11.1. The van der Waals surface area contributed by atoms with E-state index in [0.29, 0.717) is 0 Å². The minimum absolute atomic E-state index is 0.281. The fourth-order valence-electron chi connectivity index (χ4n) is 1.95. The first kappa shape index (κ1) is 15.2. The Hall–Kier alpha value is -0.160. The Kier molecular flexibility index (Phi) is 5.63. The molecule has 1 N–H and O–H groups in total. The van der Waals surface area contributed by atoms with E-state index in [-0.39, 0.29) is 6.04 Å². The predicted octanol–water partition coefficient (Wildman–Crippen LogP) is 5.67. The van der Waals surface area contributed by atoms with Crippen molar-refractivity contribution in [2.45, 2.75) is 26.3 Å². The van der Waals surface area contributed by atoms with Crippen molar-refractivity contribution in [3.63, 3.8) is 0 Å². The van der Waals surface area contributed by atoms with Crippen molar-refractivity contribution in [2.75, 3.05) is 6.54 Å². The molecule has 0 aliphatic rings. The van der Waals surface area contributed by atoms with Crippen molar-refractivity contribution in [1.29, 1.82) is 0 Å². The zero-order valence-corrected chi connectivity index (χ0v) is 15.0. The van der Waals surface area contributed by atoms with E-state index in [1.54, 1.807) is 0 Å². The molecule has 0 aliphatic heterocycles. The van der Waals surface area contributed by atoms with E-state index in [4.69, 9.17) is 0 Å². The van der Waals surface area contributed by atoms with Gasteiger partial charge in [-0.25, -0.2) is 0 Å². The molecule has 0 bridgehead atoms. The first-order valence-electron chi connectivity index (χ1n) is 6.36. The molecule has 19 heavy (non-hydrogen) atoms. The molecule has 0 saturated heterocycles. The highest BCUT2D eigenvalue weighted by Crippen LogP contribution is 2.34. The lowest BCUT2D eigenvalue weighted by Gasteiger charge is -2.17. The molecule has 102 valence electrons. The summed E-state index contributed by atoms with van der Waals surface area (Å²) in [4.78, 5) is 2.69. The van der Waals surface area contributed by atoms with Gasteiger partial charge >= 0.3 is 0 Å². The van der Waals surface area contributed by atoms with Crippen molar-refractivity contribution >= 4 is 43.2 Å². The van der Waals surface area contributed by atoms with E-state index < -0.39 is 0 Å². The fourth-order valence-corrected chi connectivity index (χ4v) is 3.88. The number of hydrogen-bond acceptors (Lipinski definition) is 2. The van der Waals surface area contributed by atoms with Crippen LogP contribution in [0.4, 0.5) is 0 Å². The molecule has 0 amide bonds. The Morgan fingerprint density at radius 2 is 1.89 bits per heavy atom. The molecule has 1 atom stereocenters. The highest BCUT2D eigenvalue weighted by atomic mass is 79.9. The lowest BCUT2D eigenvalue weighted by Crippen LogP contribution is -2.22. The SMILES string of the molecule is CCCNC(c1ccc(Br)cc1)c1cc(Br)c(C)s1. The van der Waals surface area contributed by atoms with Crippen LogP contribution in [0.3, 0.4) is 0 Å². The maximum Gasteiger partial charge on any atom is 0.0671 e. The van der Waals surface area contributed by atoms with Gasteiger partial charge in [0.05, 0.1) is 6.04 Å². The second-order valence-corrected chi connectivity index (χ2v) is 7.55. The van der Waals surface area contributed by atoms with E-state index >= 15 is 0 Å². The molecule has 0 radical (unpaired) electrons. The zero-order valence-electron chi connectivity index (χ0n) is 11.0. The van der Waals surface area contributed by atoms with Gasteiger partial charge in [0.25, 0.3) is 0 Å². The number of nitrogens with one attached hydrogen (secondary N) is 1. The van der Waals surface area contributed by atoms with Crippen molar-refractivity contribution in [3.05, 3.63) is 54.6 Å². The maximum absolute atomic E-state index is 3.64. The number of benzene rings is 1. The minimum atomic E-state index is 0.281.